The van der Waals surface area contributed by atoms with Crippen LogP contribution >= 0.6 is 11.3 Å². The van der Waals surface area contributed by atoms with E-state index in [1.807, 2.05) is 12.1 Å². The molecule has 0 atom stereocenters. The van der Waals surface area contributed by atoms with Crippen LogP contribution in [0.5, 0.6) is 0 Å². The summed E-state index contributed by atoms with van der Waals surface area (Å²) in [5.74, 6) is -0.0105. The minimum atomic E-state index is -0.568. The van der Waals surface area contributed by atoms with Crippen LogP contribution in [0.1, 0.15) is 15.9 Å². The average Bonchev–Trinajstić information content (AvgIpc) is 3.28. The largest absolute Gasteiger partial charge is 0.368 e. The first-order chi connectivity index (χ1) is 14.1. The third-order valence-electron chi connectivity index (χ3n) is 4.70. The predicted molar refractivity (Wildman–Crippen MR) is 116 cm³/mol. The Hall–Kier alpha value is -3.07. The number of nitrogens with one attached hydrogen (secondary N) is 2. The van der Waals surface area contributed by atoms with Gasteiger partial charge in [0.15, 0.2) is 5.96 Å². The maximum Gasteiger partial charge on any atom is 0.251 e. The number of nitrogens with zero attached hydrogens (tertiary/aromatic N) is 3. The summed E-state index contributed by atoms with van der Waals surface area (Å²) >= 11 is 1.77. The highest BCUT2D eigenvalue weighted by atomic mass is 32.1. The third-order valence-corrected chi connectivity index (χ3v) is 5.63. The molecule has 0 radical (unpaired) electrons. The van der Waals surface area contributed by atoms with E-state index in [2.05, 4.69) is 42.9 Å². The monoisotopic (exact) mass is 414 g/mol. The van der Waals surface area contributed by atoms with Crippen molar-refractivity contribution < 1.29 is 9.59 Å². The molecule has 2 amide bonds. The van der Waals surface area contributed by atoms with Gasteiger partial charge in [-0.3, -0.25) is 14.6 Å². The molecule has 9 heteroatoms. The van der Waals surface area contributed by atoms with E-state index in [1.165, 1.54) is 5.00 Å². The van der Waals surface area contributed by atoms with Crippen molar-refractivity contribution in [2.45, 2.75) is 6.54 Å². The van der Waals surface area contributed by atoms with Gasteiger partial charge in [0.25, 0.3) is 5.91 Å². The molecule has 0 spiro atoms. The van der Waals surface area contributed by atoms with Gasteiger partial charge >= 0.3 is 0 Å². The molecule has 1 aromatic heterocycles. The molecular weight excluding hydrogens is 388 g/mol. The number of carbonyl (C=O) groups excluding carboxylic acids is 2. The molecule has 4 N–H and O–H groups in total. The van der Waals surface area contributed by atoms with Crippen molar-refractivity contribution in [2.75, 3.05) is 44.7 Å². The van der Waals surface area contributed by atoms with Crippen LogP contribution in [0.25, 0.3) is 0 Å². The number of piperazine rings is 1. The predicted octanol–water partition coefficient (Wildman–Crippen LogP) is 0.861. The molecule has 2 heterocycles. The Morgan fingerprint density at radius 1 is 1.10 bits per heavy atom. The van der Waals surface area contributed by atoms with Crippen molar-refractivity contribution in [1.29, 1.82) is 0 Å². The number of primary amides is 1. The number of benzene rings is 1. The normalized spacial score (nSPS) is 14.6. The lowest BCUT2D eigenvalue weighted by Crippen LogP contribution is -2.52. The van der Waals surface area contributed by atoms with Crippen LogP contribution in [-0.4, -0.2) is 62.4 Å². The number of nitrogens with two attached hydrogens (primary N) is 1. The van der Waals surface area contributed by atoms with Crippen LogP contribution < -0.4 is 21.3 Å². The van der Waals surface area contributed by atoms with Crippen LogP contribution in [0.2, 0.25) is 0 Å². The molecule has 0 saturated carbocycles. The van der Waals surface area contributed by atoms with Crippen molar-refractivity contribution >= 4 is 34.1 Å². The fourth-order valence-electron chi connectivity index (χ4n) is 3.15. The molecule has 0 bridgehead atoms. The molecule has 1 fully saturated rings. The molecule has 1 aliphatic rings. The van der Waals surface area contributed by atoms with E-state index in [1.54, 1.807) is 30.5 Å². The second kappa shape index (κ2) is 9.92. The van der Waals surface area contributed by atoms with Crippen molar-refractivity contribution in [3.63, 3.8) is 0 Å². The van der Waals surface area contributed by atoms with Crippen LogP contribution in [0.4, 0.5) is 5.00 Å². The van der Waals surface area contributed by atoms with Crippen LogP contribution in [0, 0.1) is 0 Å². The molecule has 1 saturated heterocycles. The highest BCUT2D eigenvalue weighted by Gasteiger charge is 2.20. The second-order valence-corrected chi connectivity index (χ2v) is 7.60. The molecule has 8 nitrogen and oxygen atoms in total. The highest BCUT2D eigenvalue weighted by molar-refractivity contribution is 7.14. The number of thiophene rings is 1. The first-order valence-electron chi connectivity index (χ1n) is 9.46. The van der Waals surface area contributed by atoms with E-state index in [9.17, 15) is 9.59 Å². The number of carbonyl (C=O) groups is 2. The summed E-state index contributed by atoms with van der Waals surface area (Å²) in [5.41, 5.74) is 6.57. The van der Waals surface area contributed by atoms with Crippen LogP contribution in [0.3, 0.4) is 0 Å². The van der Waals surface area contributed by atoms with Crippen molar-refractivity contribution in [3.8, 4) is 0 Å². The summed E-state index contributed by atoms with van der Waals surface area (Å²) < 4.78 is 0. The van der Waals surface area contributed by atoms with E-state index in [-0.39, 0.29) is 12.5 Å². The number of amides is 2. The molecule has 154 valence electrons. The number of aliphatic imine (C=N–C) groups is 1. The van der Waals surface area contributed by atoms with E-state index >= 15 is 0 Å². The van der Waals surface area contributed by atoms with E-state index in [0.29, 0.717) is 12.1 Å². The molecule has 29 heavy (non-hydrogen) atoms. The average molecular weight is 415 g/mol. The lowest BCUT2D eigenvalue weighted by molar-refractivity contribution is -0.117. The van der Waals surface area contributed by atoms with Gasteiger partial charge in [-0.15, -0.1) is 11.3 Å². The van der Waals surface area contributed by atoms with Gasteiger partial charge in [0, 0.05) is 45.3 Å². The number of hydrogen-bond donors (Lipinski definition) is 3. The van der Waals surface area contributed by atoms with Gasteiger partial charge < -0.3 is 26.2 Å². The third kappa shape index (κ3) is 5.71. The summed E-state index contributed by atoms with van der Waals surface area (Å²) in [7, 11) is 1.79. The molecule has 1 aliphatic heterocycles. The number of rotatable bonds is 6. The summed E-state index contributed by atoms with van der Waals surface area (Å²) in [6, 6.07) is 11.5. The highest BCUT2D eigenvalue weighted by Crippen LogP contribution is 2.22. The standard InChI is InChI=1S/C20H26N6O2S/c1-22-20(26-10-8-25(9-11-26)18-3-2-12-29-18)24-13-15-4-6-16(7-5-15)19(28)23-14-17(21)27/h2-7,12H,8-11,13-14H2,1H3,(H2,21,27)(H,22,24)(H,23,28). The topological polar surface area (TPSA) is 103 Å². The SMILES string of the molecule is CN=C(NCc1ccc(C(=O)NCC(N)=O)cc1)N1CCN(c2cccs2)CC1. The van der Waals surface area contributed by atoms with E-state index in [0.717, 1.165) is 37.7 Å². The van der Waals surface area contributed by atoms with Crippen LogP contribution in [-0.2, 0) is 11.3 Å². The minimum absolute atomic E-state index is 0.168. The lowest BCUT2D eigenvalue weighted by Gasteiger charge is -2.37. The minimum Gasteiger partial charge on any atom is -0.368 e. The maximum atomic E-state index is 11.9. The Kier molecular flexibility index (Phi) is 7.07. The summed E-state index contributed by atoms with van der Waals surface area (Å²) in [4.78, 5) is 31.8. The van der Waals surface area contributed by atoms with Gasteiger partial charge in [0.05, 0.1) is 11.5 Å². The van der Waals surface area contributed by atoms with Crippen molar-refractivity contribution in [2.24, 2.45) is 10.7 Å². The zero-order valence-electron chi connectivity index (χ0n) is 16.4. The Balaban J connectivity index is 1.48. The first-order valence-corrected chi connectivity index (χ1v) is 10.3. The molecule has 1 aromatic carbocycles. The van der Waals surface area contributed by atoms with Crippen molar-refractivity contribution in [1.82, 2.24) is 15.5 Å². The van der Waals surface area contributed by atoms with Gasteiger partial charge in [-0.1, -0.05) is 12.1 Å². The Morgan fingerprint density at radius 2 is 1.83 bits per heavy atom. The van der Waals surface area contributed by atoms with Crippen molar-refractivity contribution in [3.05, 3.63) is 52.9 Å². The summed E-state index contributed by atoms with van der Waals surface area (Å²) in [5, 5.41) is 9.29. The second-order valence-electron chi connectivity index (χ2n) is 6.67. The lowest BCUT2D eigenvalue weighted by atomic mass is 10.1. The fraction of sp³-hybridized carbons (Fsp3) is 0.350. The zero-order valence-corrected chi connectivity index (χ0v) is 17.2. The van der Waals surface area contributed by atoms with Gasteiger partial charge in [-0.2, -0.15) is 0 Å². The summed E-state index contributed by atoms with van der Waals surface area (Å²) in [6.07, 6.45) is 0. The van der Waals surface area contributed by atoms with E-state index < -0.39 is 5.91 Å². The van der Waals surface area contributed by atoms with Gasteiger partial charge in [0.2, 0.25) is 5.91 Å². The molecule has 0 unspecified atom stereocenters. The van der Waals surface area contributed by atoms with E-state index in [4.69, 9.17) is 5.73 Å². The maximum absolute atomic E-state index is 11.9. The smallest absolute Gasteiger partial charge is 0.251 e. The van der Waals surface area contributed by atoms with Gasteiger partial charge in [0.1, 0.15) is 0 Å². The number of guanidine groups is 1. The number of anilines is 1. The zero-order chi connectivity index (χ0) is 20.6. The summed E-state index contributed by atoms with van der Waals surface area (Å²) in [6.45, 7) is 4.21. The molecule has 2 aromatic rings. The first kappa shape index (κ1) is 20.7. The Morgan fingerprint density at radius 3 is 2.41 bits per heavy atom. The van der Waals surface area contributed by atoms with Crippen LogP contribution in [0.15, 0.2) is 46.8 Å². The number of hydrogen-bond acceptors (Lipinski definition) is 5. The molecule has 0 aliphatic carbocycles. The molecular formula is C20H26N6O2S. The molecule has 3 rings (SSSR count). The Labute approximate surface area is 174 Å². The quantitative estimate of drug-likeness (QED) is 0.481. The fourth-order valence-corrected chi connectivity index (χ4v) is 3.93. The Bertz CT molecular complexity index is 842. The van der Waals surface area contributed by atoms with Gasteiger partial charge in [-0.05, 0) is 35.2 Å². The van der Waals surface area contributed by atoms with Gasteiger partial charge in [-0.25, -0.2) is 0 Å².